The minimum Gasteiger partial charge on any atom is -0.481 e. The number of carbonyl (C=O) groups excluding carboxylic acids is 2. The second-order valence-corrected chi connectivity index (χ2v) is 6.41. The largest absolute Gasteiger partial charge is 0.481 e. The van der Waals surface area contributed by atoms with Crippen LogP contribution in [0, 0.1) is 23.2 Å². The number of hydrogen-bond donors (Lipinski definition) is 1. The second kappa shape index (κ2) is 4.62. The minimum absolute atomic E-state index is 0.0240. The summed E-state index contributed by atoms with van der Waals surface area (Å²) in [6, 6.07) is 0. The highest BCUT2D eigenvalue weighted by atomic mass is 16.4. The third kappa shape index (κ3) is 2.26. The van der Waals surface area contributed by atoms with Crippen LogP contribution >= 0.6 is 0 Å². The van der Waals surface area contributed by atoms with Crippen LogP contribution in [0.1, 0.15) is 40.0 Å². The molecule has 0 radical (unpaired) electrons. The fourth-order valence-electron chi connectivity index (χ4n) is 3.15. The fraction of sp³-hybridized carbons (Fsp3) is 0.786. The predicted octanol–water partition coefficient (Wildman–Crippen LogP) is 1.52. The number of fused-ring (bicyclic) bond motifs is 1. The number of likely N-dealkylation sites (tertiary alicyclic amines) is 1. The summed E-state index contributed by atoms with van der Waals surface area (Å²) in [6.45, 7) is 5.13. The van der Waals surface area contributed by atoms with Gasteiger partial charge in [-0.25, -0.2) is 0 Å². The van der Waals surface area contributed by atoms with Gasteiger partial charge in [-0.3, -0.25) is 19.3 Å². The first-order valence-corrected chi connectivity index (χ1v) is 6.86. The number of rotatable bonds is 4. The van der Waals surface area contributed by atoms with Gasteiger partial charge in [-0.05, 0) is 32.6 Å². The van der Waals surface area contributed by atoms with Crippen molar-refractivity contribution >= 4 is 17.8 Å². The van der Waals surface area contributed by atoms with Crippen molar-refractivity contribution in [1.82, 2.24) is 4.90 Å². The molecule has 1 aliphatic heterocycles. The van der Waals surface area contributed by atoms with E-state index in [4.69, 9.17) is 5.11 Å². The zero-order valence-electron chi connectivity index (χ0n) is 11.7. The number of carboxylic acids is 1. The molecule has 0 aromatic heterocycles. The van der Waals surface area contributed by atoms with Gasteiger partial charge in [0.15, 0.2) is 0 Å². The summed E-state index contributed by atoms with van der Waals surface area (Å²) in [5.74, 6) is -1.28. The van der Waals surface area contributed by atoms with Gasteiger partial charge < -0.3 is 5.11 Å². The van der Waals surface area contributed by atoms with Gasteiger partial charge in [0.25, 0.3) is 0 Å². The van der Waals surface area contributed by atoms with Crippen LogP contribution in [0.5, 0.6) is 0 Å². The Labute approximate surface area is 113 Å². The lowest BCUT2D eigenvalue weighted by atomic mass is 9.93. The molecule has 1 saturated heterocycles. The smallest absolute Gasteiger partial charge is 0.310 e. The van der Waals surface area contributed by atoms with Gasteiger partial charge in [-0.2, -0.15) is 0 Å². The van der Waals surface area contributed by atoms with Gasteiger partial charge in [0.05, 0.1) is 17.3 Å². The Hall–Kier alpha value is -1.39. The normalized spacial score (nSPS) is 30.9. The van der Waals surface area contributed by atoms with E-state index in [-0.39, 0.29) is 30.2 Å². The maximum absolute atomic E-state index is 12.3. The summed E-state index contributed by atoms with van der Waals surface area (Å²) in [6.07, 6.45) is 2.54. The third-order valence-corrected chi connectivity index (χ3v) is 4.54. The molecule has 19 heavy (non-hydrogen) atoms. The van der Waals surface area contributed by atoms with Crippen LogP contribution < -0.4 is 0 Å². The van der Waals surface area contributed by atoms with E-state index in [1.165, 1.54) is 4.90 Å². The molecule has 5 nitrogen and oxygen atoms in total. The molecule has 1 heterocycles. The number of amides is 2. The third-order valence-electron chi connectivity index (χ3n) is 4.54. The van der Waals surface area contributed by atoms with Gasteiger partial charge in [0.2, 0.25) is 11.8 Å². The van der Waals surface area contributed by atoms with Gasteiger partial charge in [0.1, 0.15) is 0 Å². The number of nitrogens with zero attached hydrogens (tertiary/aromatic N) is 1. The summed E-state index contributed by atoms with van der Waals surface area (Å²) in [5, 5.41) is 9.11. The Kier molecular flexibility index (Phi) is 3.41. The van der Waals surface area contributed by atoms with Gasteiger partial charge in [-0.1, -0.05) is 13.3 Å². The van der Waals surface area contributed by atoms with Crippen LogP contribution in [0.4, 0.5) is 0 Å². The van der Waals surface area contributed by atoms with E-state index in [0.29, 0.717) is 5.92 Å². The Bertz CT molecular complexity index is 405. The summed E-state index contributed by atoms with van der Waals surface area (Å²) in [7, 11) is 0. The summed E-state index contributed by atoms with van der Waals surface area (Å²) in [5.41, 5.74) is -1.09. The first kappa shape index (κ1) is 14.0. The van der Waals surface area contributed by atoms with Crippen LogP contribution in [-0.2, 0) is 14.4 Å². The van der Waals surface area contributed by atoms with E-state index < -0.39 is 11.4 Å². The molecule has 2 atom stereocenters. The Morgan fingerprint density at radius 1 is 1.26 bits per heavy atom. The fourth-order valence-corrected chi connectivity index (χ4v) is 3.15. The van der Waals surface area contributed by atoms with Crippen molar-refractivity contribution in [2.75, 3.05) is 6.54 Å². The number of imide groups is 1. The lowest BCUT2D eigenvalue weighted by Crippen LogP contribution is -2.43. The summed E-state index contributed by atoms with van der Waals surface area (Å²) in [4.78, 5) is 36.8. The summed E-state index contributed by atoms with van der Waals surface area (Å²) >= 11 is 0. The van der Waals surface area contributed by atoms with Crippen LogP contribution in [0.15, 0.2) is 0 Å². The van der Waals surface area contributed by atoms with Crippen molar-refractivity contribution in [3.8, 4) is 0 Å². The molecule has 1 N–H and O–H groups in total. The molecule has 2 amide bonds. The molecule has 2 rings (SSSR count). The molecule has 0 aromatic rings. The van der Waals surface area contributed by atoms with E-state index in [2.05, 4.69) is 6.92 Å². The quantitative estimate of drug-likeness (QED) is 0.784. The molecule has 1 saturated carbocycles. The molecule has 0 aromatic carbocycles. The summed E-state index contributed by atoms with van der Waals surface area (Å²) < 4.78 is 0. The number of carbonyl (C=O) groups is 3. The van der Waals surface area contributed by atoms with Crippen molar-refractivity contribution in [1.29, 1.82) is 0 Å². The zero-order valence-corrected chi connectivity index (χ0v) is 11.7. The Morgan fingerprint density at radius 2 is 1.74 bits per heavy atom. The maximum Gasteiger partial charge on any atom is 0.310 e. The molecule has 1 aliphatic carbocycles. The van der Waals surface area contributed by atoms with E-state index in [1.807, 2.05) is 0 Å². The maximum atomic E-state index is 12.3. The second-order valence-electron chi connectivity index (χ2n) is 6.41. The molecule has 0 spiro atoms. The number of aliphatic carboxylic acids is 1. The molecule has 2 aliphatic rings. The van der Waals surface area contributed by atoms with Crippen LogP contribution in [0.2, 0.25) is 0 Å². The number of hydrogen-bond acceptors (Lipinski definition) is 3. The number of carboxylic acid groups (broad SMARTS) is 1. The highest BCUT2D eigenvalue weighted by molar-refractivity contribution is 6.05. The molecule has 0 bridgehead atoms. The highest BCUT2D eigenvalue weighted by Gasteiger charge is 2.53. The molecule has 2 unspecified atom stereocenters. The lowest BCUT2D eigenvalue weighted by molar-refractivity contribution is -0.151. The molecule has 2 fully saturated rings. The SMILES string of the molecule is CCC1CC2C(=O)N(CC(C)(C)C(=O)O)C(=O)C2C1. The van der Waals surface area contributed by atoms with Crippen LogP contribution in [-0.4, -0.2) is 34.3 Å². The zero-order chi connectivity index (χ0) is 14.4. The highest BCUT2D eigenvalue weighted by Crippen LogP contribution is 2.44. The minimum atomic E-state index is -1.09. The van der Waals surface area contributed by atoms with Gasteiger partial charge in [-0.15, -0.1) is 0 Å². The Balaban J connectivity index is 2.13. The van der Waals surface area contributed by atoms with Gasteiger partial charge in [0, 0.05) is 6.54 Å². The average molecular weight is 267 g/mol. The monoisotopic (exact) mass is 267 g/mol. The van der Waals surface area contributed by atoms with Crippen molar-refractivity contribution in [2.45, 2.75) is 40.0 Å². The Morgan fingerprint density at radius 3 is 2.11 bits per heavy atom. The predicted molar refractivity (Wildman–Crippen MR) is 68.1 cm³/mol. The van der Waals surface area contributed by atoms with Crippen molar-refractivity contribution in [2.24, 2.45) is 23.2 Å². The first-order chi connectivity index (χ1) is 8.77. The molecule has 106 valence electrons. The molecular weight excluding hydrogens is 246 g/mol. The molecular formula is C14H21NO4. The van der Waals surface area contributed by atoms with Crippen molar-refractivity contribution < 1.29 is 19.5 Å². The van der Waals surface area contributed by atoms with E-state index in [1.54, 1.807) is 13.8 Å². The topological polar surface area (TPSA) is 74.7 Å². The lowest BCUT2D eigenvalue weighted by Gasteiger charge is -2.26. The molecule has 5 heteroatoms. The first-order valence-electron chi connectivity index (χ1n) is 6.86. The van der Waals surface area contributed by atoms with Gasteiger partial charge >= 0.3 is 5.97 Å². The standard InChI is InChI=1S/C14H21NO4/c1-4-8-5-9-10(6-8)12(17)15(11(9)16)7-14(2,3)13(18)19/h8-10H,4-7H2,1-3H3,(H,18,19). The average Bonchev–Trinajstić information content (AvgIpc) is 2.85. The van der Waals surface area contributed by atoms with E-state index in [0.717, 1.165) is 19.3 Å². The van der Waals surface area contributed by atoms with E-state index >= 15 is 0 Å². The van der Waals surface area contributed by atoms with E-state index in [9.17, 15) is 14.4 Å². The van der Waals surface area contributed by atoms with Crippen molar-refractivity contribution in [3.05, 3.63) is 0 Å². The van der Waals surface area contributed by atoms with Crippen LogP contribution in [0.3, 0.4) is 0 Å². The van der Waals surface area contributed by atoms with Crippen LogP contribution in [0.25, 0.3) is 0 Å². The van der Waals surface area contributed by atoms with Crippen molar-refractivity contribution in [3.63, 3.8) is 0 Å².